The number of nitrogens with one attached hydrogen (secondary N) is 1. The second-order valence-electron chi connectivity index (χ2n) is 8.14. The lowest BCUT2D eigenvalue weighted by atomic mass is 9.93. The quantitative estimate of drug-likeness (QED) is 0.257. The fourth-order valence-electron chi connectivity index (χ4n) is 4.00. The molecule has 0 spiro atoms. The molecule has 1 heterocycles. The maximum atomic E-state index is 11.6. The van der Waals surface area contributed by atoms with Crippen molar-refractivity contribution in [3.8, 4) is 34.0 Å². The minimum absolute atomic E-state index is 0.0817. The highest BCUT2D eigenvalue weighted by Crippen LogP contribution is 2.35. The van der Waals surface area contributed by atoms with E-state index in [-0.39, 0.29) is 11.8 Å². The van der Waals surface area contributed by atoms with Gasteiger partial charge < -0.3 is 20.2 Å². The standard InChI is InChI=1S/C28H29N3O3S/c1-33-23-12-8-20(9-13-23)26-27(21-10-14-24(34-2)15-11-21)31-28(30-26)35-17-16-22(18-25(29)32)19-6-4-3-5-7-19/h3-15,22H,16-18H2,1-2H3,(H2,29,32)(H,30,31). The third-order valence-electron chi connectivity index (χ3n) is 5.85. The molecule has 180 valence electrons. The number of benzene rings is 3. The highest BCUT2D eigenvalue weighted by atomic mass is 32.2. The van der Waals surface area contributed by atoms with E-state index >= 15 is 0 Å². The van der Waals surface area contributed by atoms with E-state index in [4.69, 9.17) is 20.2 Å². The van der Waals surface area contributed by atoms with Crippen LogP contribution >= 0.6 is 11.8 Å². The van der Waals surface area contributed by atoms with Gasteiger partial charge in [-0.2, -0.15) is 0 Å². The zero-order valence-electron chi connectivity index (χ0n) is 19.9. The number of H-pyrrole nitrogens is 1. The van der Waals surface area contributed by atoms with E-state index < -0.39 is 0 Å². The fraction of sp³-hybridized carbons (Fsp3) is 0.214. The molecule has 0 saturated heterocycles. The van der Waals surface area contributed by atoms with E-state index in [0.717, 1.165) is 56.9 Å². The van der Waals surface area contributed by atoms with Gasteiger partial charge >= 0.3 is 0 Å². The molecule has 0 aliphatic heterocycles. The Labute approximate surface area is 209 Å². The summed E-state index contributed by atoms with van der Waals surface area (Å²) in [6, 6.07) is 25.9. The van der Waals surface area contributed by atoms with Gasteiger partial charge in [-0.3, -0.25) is 4.79 Å². The number of hydrogen-bond donors (Lipinski definition) is 2. The smallest absolute Gasteiger partial charge is 0.218 e. The molecule has 0 fully saturated rings. The number of primary amides is 1. The first-order valence-electron chi connectivity index (χ1n) is 11.4. The lowest BCUT2D eigenvalue weighted by molar-refractivity contribution is -0.118. The van der Waals surface area contributed by atoms with Crippen LogP contribution in [0.15, 0.2) is 84.0 Å². The predicted octanol–water partition coefficient (Wildman–Crippen LogP) is 5.90. The van der Waals surface area contributed by atoms with Crippen LogP contribution in [0, 0.1) is 0 Å². The lowest BCUT2D eigenvalue weighted by Gasteiger charge is -2.15. The lowest BCUT2D eigenvalue weighted by Crippen LogP contribution is -2.16. The SMILES string of the molecule is COc1ccc(-c2nc(SCCC(CC(N)=O)c3ccccc3)[nH]c2-c2ccc(OC)cc2)cc1. The minimum Gasteiger partial charge on any atom is -0.497 e. The molecule has 3 aromatic carbocycles. The summed E-state index contributed by atoms with van der Waals surface area (Å²) in [6.07, 6.45) is 1.14. The molecule has 4 rings (SSSR count). The Morgan fingerprint density at radius 3 is 2.09 bits per heavy atom. The Balaban J connectivity index is 1.57. The number of aromatic amines is 1. The number of ether oxygens (including phenoxy) is 2. The van der Waals surface area contributed by atoms with Crippen molar-refractivity contribution in [3.63, 3.8) is 0 Å². The van der Waals surface area contributed by atoms with Crippen molar-refractivity contribution in [1.82, 2.24) is 9.97 Å². The van der Waals surface area contributed by atoms with Crippen LogP contribution in [0.1, 0.15) is 24.3 Å². The maximum Gasteiger partial charge on any atom is 0.218 e. The summed E-state index contributed by atoms with van der Waals surface area (Å²) in [5.41, 5.74) is 10.5. The molecule has 0 aliphatic carbocycles. The van der Waals surface area contributed by atoms with Gasteiger partial charge in [-0.1, -0.05) is 42.1 Å². The van der Waals surface area contributed by atoms with Crippen LogP contribution in [0.3, 0.4) is 0 Å². The number of rotatable bonds is 11. The molecule has 0 radical (unpaired) electrons. The summed E-state index contributed by atoms with van der Waals surface area (Å²) in [5.74, 6) is 2.19. The van der Waals surface area contributed by atoms with E-state index in [0.29, 0.717) is 6.42 Å². The van der Waals surface area contributed by atoms with Crippen molar-refractivity contribution in [2.24, 2.45) is 5.73 Å². The van der Waals surface area contributed by atoms with Crippen LogP contribution in [-0.4, -0.2) is 35.8 Å². The van der Waals surface area contributed by atoms with Crippen molar-refractivity contribution in [2.45, 2.75) is 23.9 Å². The largest absolute Gasteiger partial charge is 0.497 e. The molecule has 7 heteroatoms. The van der Waals surface area contributed by atoms with Crippen LogP contribution in [0.25, 0.3) is 22.5 Å². The van der Waals surface area contributed by atoms with E-state index in [1.807, 2.05) is 66.7 Å². The van der Waals surface area contributed by atoms with Crippen molar-refractivity contribution in [3.05, 3.63) is 84.4 Å². The monoisotopic (exact) mass is 487 g/mol. The normalized spacial score (nSPS) is 11.7. The number of methoxy groups -OCH3 is 2. The summed E-state index contributed by atoms with van der Waals surface area (Å²) in [7, 11) is 3.31. The summed E-state index contributed by atoms with van der Waals surface area (Å²) >= 11 is 1.64. The van der Waals surface area contributed by atoms with Gasteiger partial charge in [-0.05, 0) is 66.4 Å². The van der Waals surface area contributed by atoms with Crippen molar-refractivity contribution in [1.29, 1.82) is 0 Å². The Bertz CT molecular complexity index is 1170. The summed E-state index contributed by atoms with van der Waals surface area (Å²) in [5, 5.41) is 0.826. The molecule has 4 aromatic rings. The molecule has 35 heavy (non-hydrogen) atoms. The summed E-state index contributed by atoms with van der Waals surface area (Å²) in [4.78, 5) is 20.1. The number of thioether (sulfide) groups is 1. The van der Waals surface area contributed by atoms with Gasteiger partial charge in [0.05, 0.1) is 25.6 Å². The van der Waals surface area contributed by atoms with Gasteiger partial charge in [0.2, 0.25) is 5.91 Å². The number of imidazole rings is 1. The predicted molar refractivity (Wildman–Crippen MR) is 141 cm³/mol. The van der Waals surface area contributed by atoms with E-state index in [9.17, 15) is 4.79 Å². The summed E-state index contributed by atoms with van der Waals surface area (Å²) in [6.45, 7) is 0. The first-order chi connectivity index (χ1) is 17.1. The molecule has 1 atom stereocenters. The van der Waals surface area contributed by atoms with Gasteiger partial charge in [0.15, 0.2) is 5.16 Å². The first-order valence-corrected chi connectivity index (χ1v) is 12.4. The molecule has 1 amide bonds. The Morgan fingerprint density at radius 1 is 0.914 bits per heavy atom. The van der Waals surface area contributed by atoms with Gasteiger partial charge in [0, 0.05) is 23.3 Å². The molecular weight excluding hydrogens is 458 g/mol. The number of carbonyl (C=O) groups is 1. The molecule has 6 nitrogen and oxygen atoms in total. The number of aromatic nitrogens is 2. The highest BCUT2D eigenvalue weighted by Gasteiger charge is 2.17. The van der Waals surface area contributed by atoms with Crippen LogP contribution < -0.4 is 15.2 Å². The second-order valence-corrected chi connectivity index (χ2v) is 9.22. The topological polar surface area (TPSA) is 90.2 Å². The second kappa shape index (κ2) is 11.6. The van der Waals surface area contributed by atoms with Crippen molar-refractivity contribution < 1.29 is 14.3 Å². The van der Waals surface area contributed by atoms with Crippen molar-refractivity contribution >= 4 is 17.7 Å². The Morgan fingerprint density at radius 2 is 1.51 bits per heavy atom. The molecule has 1 unspecified atom stereocenters. The summed E-state index contributed by atoms with van der Waals surface area (Å²) < 4.78 is 10.6. The number of nitrogens with two attached hydrogens (primary N) is 1. The van der Waals surface area contributed by atoms with E-state index in [1.165, 1.54) is 0 Å². The van der Waals surface area contributed by atoms with Crippen LogP contribution in [0.2, 0.25) is 0 Å². The zero-order chi connectivity index (χ0) is 24.6. The van der Waals surface area contributed by atoms with Gasteiger partial charge in [-0.25, -0.2) is 4.98 Å². The third kappa shape index (κ3) is 6.25. The van der Waals surface area contributed by atoms with Crippen LogP contribution in [-0.2, 0) is 4.79 Å². The molecule has 3 N–H and O–H groups in total. The van der Waals surface area contributed by atoms with E-state index in [1.54, 1.807) is 26.0 Å². The van der Waals surface area contributed by atoms with Gasteiger partial charge in [0.1, 0.15) is 11.5 Å². The average Bonchev–Trinajstić information content (AvgIpc) is 3.32. The first kappa shape index (κ1) is 24.4. The molecule has 0 saturated carbocycles. The fourth-order valence-corrected chi connectivity index (χ4v) is 4.92. The van der Waals surface area contributed by atoms with Crippen molar-refractivity contribution in [2.75, 3.05) is 20.0 Å². The maximum absolute atomic E-state index is 11.6. The minimum atomic E-state index is -0.287. The average molecular weight is 488 g/mol. The Hall–Kier alpha value is -3.71. The van der Waals surface area contributed by atoms with E-state index in [2.05, 4.69) is 17.1 Å². The molecule has 0 aliphatic rings. The molecular formula is C28H29N3O3S. The highest BCUT2D eigenvalue weighted by molar-refractivity contribution is 7.99. The van der Waals surface area contributed by atoms with Gasteiger partial charge in [0.25, 0.3) is 0 Å². The third-order valence-corrected chi connectivity index (χ3v) is 6.75. The Kier molecular flexibility index (Phi) is 8.11. The van der Waals surface area contributed by atoms with Crippen LogP contribution in [0.4, 0.5) is 0 Å². The number of nitrogens with zero attached hydrogens (tertiary/aromatic N) is 1. The van der Waals surface area contributed by atoms with Crippen LogP contribution in [0.5, 0.6) is 11.5 Å². The number of hydrogen-bond acceptors (Lipinski definition) is 5. The number of amides is 1. The number of carbonyl (C=O) groups excluding carboxylic acids is 1. The molecule has 0 bridgehead atoms. The van der Waals surface area contributed by atoms with Gasteiger partial charge in [-0.15, -0.1) is 0 Å². The molecule has 1 aromatic heterocycles. The zero-order valence-corrected chi connectivity index (χ0v) is 20.7.